The third-order valence-electron chi connectivity index (χ3n) is 1.55. The van der Waals surface area contributed by atoms with E-state index in [0.29, 0.717) is 0 Å². The second-order valence-corrected chi connectivity index (χ2v) is 3.32. The number of hydrogen-bond donors (Lipinski definition) is 2. The lowest BCUT2D eigenvalue weighted by Crippen LogP contribution is -2.11. The van der Waals surface area contributed by atoms with Crippen molar-refractivity contribution in [1.29, 1.82) is 0 Å². The maximum Gasteiger partial charge on any atom is 0.337 e. The summed E-state index contributed by atoms with van der Waals surface area (Å²) in [5, 5.41) is 17.3. The fourth-order valence-electron chi connectivity index (χ4n) is 0.908. The summed E-state index contributed by atoms with van der Waals surface area (Å²) in [4.78, 5) is 10.4. The number of hydrogen-bond acceptors (Lipinski definition) is 2. The first-order valence-electron chi connectivity index (χ1n) is 3.48. The number of aliphatic hydroxyl groups is 1. The van der Waals surface area contributed by atoms with Crippen LogP contribution in [-0.4, -0.2) is 16.2 Å². The number of carbonyl (C=O) groups is 1. The number of aliphatic carboxylic acids is 1. The minimum absolute atomic E-state index is 0.137. The van der Waals surface area contributed by atoms with Crippen LogP contribution in [0.4, 0.5) is 4.39 Å². The maximum absolute atomic E-state index is 12.8. The highest BCUT2D eigenvalue weighted by Crippen LogP contribution is 2.31. The summed E-state index contributed by atoms with van der Waals surface area (Å²) in [5.41, 5.74) is -0.260. The minimum Gasteiger partial charge on any atom is -0.479 e. The van der Waals surface area contributed by atoms with Gasteiger partial charge in [0.05, 0.1) is 10.0 Å². The predicted molar refractivity (Wildman–Crippen MR) is 49.0 cm³/mol. The van der Waals surface area contributed by atoms with Gasteiger partial charge in [0.2, 0.25) is 0 Å². The number of rotatable bonds is 2. The molecule has 1 aromatic carbocycles. The Morgan fingerprint density at radius 2 is 2.00 bits per heavy atom. The highest BCUT2D eigenvalue weighted by Gasteiger charge is 2.21. The van der Waals surface area contributed by atoms with E-state index in [1.165, 1.54) is 0 Å². The van der Waals surface area contributed by atoms with Crippen LogP contribution in [0.2, 0.25) is 10.0 Å². The number of halogens is 3. The van der Waals surface area contributed by atoms with Crippen molar-refractivity contribution in [2.75, 3.05) is 0 Å². The van der Waals surface area contributed by atoms with Gasteiger partial charge in [0, 0.05) is 5.56 Å². The van der Waals surface area contributed by atoms with E-state index < -0.39 is 17.9 Å². The van der Waals surface area contributed by atoms with Crippen LogP contribution in [0.5, 0.6) is 0 Å². The Labute approximate surface area is 88.7 Å². The Kier molecular flexibility index (Phi) is 3.31. The van der Waals surface area contributed by atoms with Gasteiger partial charge >= 0.3 is 5.97 Å². The summed E-state index contributed by atoms with van der Waals surface area (Å²) >= 11 is 11.1. The molecule has 2 N–H and O–H groups in total. The van der Waals surface area contributed by atoms with Crippen LogP contribution in [0.3, 0.4) is 0 Å². The Morgan fingerprint density at radius 3 is 2.50 bits per heavy atom. The van der Waals surface area contributed by atoms with E-state index in [4.69, 9.17) is 33.4 Å². The monoisotopic (exact) mass is 238 g/mol. The number of carboxylic acid groups (broad SMARTS) is 1. The first kappa shape index (κ1) is 11.2. The van der Waals surface area contributed by atoms with Gasteiger partial charge in [-0.05, 0) is 12.1 Å². The molecule has 1 atom stereocenters. The highest BCUT2D eigenvalue weighted by atomic mass is 35.5. The number of benzene rings is 1. The second kappa shape index (κ2) is 4.13. The summed E-state index contributed by atoms with van der Waals surface area (Å²) in [6, 6.07) is 1.76. The van der Waals surface area contributed by atoms with Crippen LogP contribution >= 0.6 is 23.2 Å². The van der Waals surface area contributed by atoms with Crippen molar-refractivity contribution >= 4 is 29.2 Å². The largest absolute Gasteiger partial charge is 0.479 e. The Balaban J connectivity index is 3.26. The standard InChI is InChI=1S/C8H5Cl2FO3/c9-5-2-3(11)1-4(6(5)10)7(12)8(13)14/h1-2,7,12H,(H,13,14)/t7-/m1/s1. The third-order valence-corrected chi connectivity index (χ3v) is 2.37. The van der Waals surface area contributed by atoms with Gasteiger partial charge in [-0.1, -0.05) is 23.2 Å². The molecular weight excluding hydrogens is 234 g/mol. The first-order chi connectivity index (χ1) is 6.43. The van der Waals surface area contributed by atoms with Crippen LogP contribution in [0.15, 0.2) is 12.1 Å². The summed E-state index contributed by atoms with van der Waals surface area (Å²) in [6.45, 7) is 0. The molecule has 0 radical (unpaired) electrons. The fourth-order valence-corrected chi connectivity index (χ4v) is 1.33. The maximum atomic E-state index is 12.8. The van der Waals surface area contributed by atoms with Crippen LogP contribution in [-0.2, 0) is 4.79 Å². The topological polar surface area (TPSA) is 57.5 Å². The van der Waals surface area contributed by atoms with Gasteiger partial charge in [0.25, 0.3) is 0 Å². The SMILES string of the molecule is O=C(O)[C@H](O)c1cc(F)cc(Cl)c1Cl. The molecule has 1 aromatic rings. The highest BCUT2D eigenvalue weighted by molar-refractivity contribution is 6.42. The number of aliphatic hydroxyl groups excluding tert-OH is 1. The quantitative estimate of drug-likeness (QED) is 0.778. The molecule has 6 heteroatoms. The van der Waals surface area contributed by atoms with Crippen molar-refractivity contribution in [1.82, 2.24) is 0 Å². The average molecular weight is 239 g/mol. The molecule has 0 unspecified atom stereocenters. The molecule has 0 aliphatic heterocycles. The zero-order valence-corrected chi connectivity index (χ0v) is 8.18. The molecule has 0 aromatic heterocycles. The number of carboxylic acids is 1. The van der Waals surface area contributed by atoms with Crippen LogP contribution in [0, 0.1) is 5.82 Å². The molecule has 0 aliphatic rings. The molecule has 0 amide bonds. The molecule has 1 rings (SSSR count). The lowest BCUT2D eigenvalue weighted by molar-refractivity contribution is -0.146. The zero-order valence-electron chi connectivity index (χ0n) is 6.67. The van der Waals surface area contributed by atoms with Crippen molar-refractivity contribution in [2.45, 2.75) is 6.10 Å². The smallest absolute Gasteiger partial charge is 0.337 e. The molecule has 0 saturated carbocycles. The normalized spacial score (nSPS) is 12.6. The van der Waals surface area contributed by atoms with Crippen LogP contribution in [0.25, 0.3) is 0 Å². The molecule has 0 spiro atoms. The van der Waals surface area contributed by atoms with E-state index in [2.05, 4.69) is 0 Å². The summed E-state index contributed by atoms with van der Waals surface area (Å²) in [5.74, 6) is -2.27. The predicted octanol–water partition coefficient (Wildman–Crippen LogP) is 2.25. The van der Waals surface area contributed by atoms with E-state index in [0.717, 1.165) is 12.1 Å². The molecule has 76 valence electrons. The molecule has 0 fully saturated rings. The Hall–Kier alpha value is -0.840. The molecule has 0 saturated heterocycles. The molecule has 3 nitrogen and oxygen atoms in total. The lowest BCUT2D eigenvalue weighted by Gasteiger charge is -2.09. The van der Waals surface area contributed by atoms with Gasteiger partial charge < -0.3 is 10.2 Å². The second-order valence-electron chi connectivity index (χ2n) is 2.53. The van der Waals surface area contributed by atoms with Gasteiger partial charge in [-0.25, -0.2) is 9.18 Å². The van der Waals surface area contributed by atoms with Crippen molar-refractivity contribution < 1.29 is 19.4 Å². The van der Waals surface area contributed by atoms with Crippen molar-refractivity contribution in [3.8, 4) is 0 Å². The summed E-state index contributed by atoms with van der Waals surface area (Å²) in [6.07, 6.45) is -1.88. The van der Waals surface area contributed by atoms with Crippen LogP contribution in [0.1, 0.15) is 11.7 Å². The van der Waals surface area contributed by atoms with E-state index in [1.807, 2.05) is 0 Å². The summed E-state index contributed by atoms with van der Waals surface area (Å²) in [7, 11) is 0. The molecule has 14 heavy (non-hydrogen) atoms. The van der Waals surface area contributed by atoms with Gasteiger partial charge in [-0.15, -0.1) is 0 Å². The van der Waals surface area contributed by atoms with Crippen molar-refractivity contribution in [2.24, 2.45) is 0 Å². The van der Waals surface area contributed by atoms with E-state index >= 15 is 0 Å². The average Bonchev–Trinajstić information content (AvgIpc) is 2.09. The molecular formula is C8H5Cl2FO3. The molecule has 0 heterocycles. The lowest BCUT2D eigenvalue weighted by atomic mass is 10.1. The van der Waals surface area contributed by atoms with E-state index in [1.54, 1.807) is 0 Å². The van der Waals surface area contributed by atoms with Gasteiger partial charge in [-0.2, -0.15) is 0 Å². The first-order valence-corrected chi connectivity index (χ1v) is 4.24. The molecule has 0 aliphatic carbocycles. The van der Waals surface area contributed by atoms with E-state index in [9.17, 15) is 9.18 Å². The zero-order chi connectivity index (χ0) is 10.9. The minimum atomic E-state index is -1.88. The Bertz CT molecular complexity index is 381. The van der Waals surface area contributed by atoms with Crippen molar-refractivity contribution in [3.05, 3.63) is 33.6 Å². The van der Waals surface area contributed by atoms with Gasteiger partial charge in [0.15, 0.2) is 6.10 Å². The third kappa shape index (κ3) is 2.15. The van der Waals surface area contributed by atoms with Gasteiger partial charge in [-0.3, -0.25) is 0 Å². The summed E-state index contributed by atoms with van der Waals surface area (Å²) < 4.78 is 12.8. The fraction of sp³-hybridized carbons (Fsp3) is 0.125. The van der Waals surface area contributed by atoms with E-state index in [-0.39, 0.29) is 15.6 Å². The molecule has 0 bridgehead atoms. The van der Waals surface area contributed by atoms with Crippen LogP contribution < -0.4 is 0 Å². The Morgan fingerprint density at radius 1 is 1.43 bits per heavy atom. The van der Waals surface area contributed by atoms with Crippen molar-refractivity contribution in [3.63, 3.8) is 0 Å². The van der Waals surface area contributed by atoms with Gasteiger partial charge in [0.1, 0.15) is 5.82 Å².